The molecule has 0 saturated carbocycles. The Bertz CT molecular complexity index is 505. The third kappa shape index (κ3) is 2.30. The Hall–Kier alpha value is -1.62. The van der Waals surface area contributed by atoms with E-state index in [9.17, 15) is 4.39 Å². The lowest BCUT2D eigenvalue weighted by molar-refractivity contribution is 0.460. The molecule has 0 amide bonds. The van der Waals surface area contributed by atoms with E-state index in [4.69, 9.17) is 10.5 Å². The first-order chi connectivity index (χ1) is 7.66. The van der Waals surface area contributed by atoms with Crippen LogP contribution in [0.15, 0.2) is 41.0 Å². The number of halogens is 2. The fourth-order valence-corrected chi connectivity index (χ4v) is 1.51. The summed E-state index contributed by atoms with van der Waals surface area (Å²) in [5, 5.41) is 0. The van der Waals surface area contributed by atoms with Gasteiger partial charge in [0, 0.05) is 18.3 Å². The average molecular weight is 283 g/mol. The minimum Gasteiger partial charge on any atom is -0.437 e. The van der Waals surface area contributed by atoms with Gasteiger partial charge in [-0.15, -0.1) is 0 Å². The van der Waals surface area contributed by atoms with Crippen molar-refractivity contribution in [2.75, 3.05) is 5.73 Å². The summed E-state index contributed by atoms with van der Waals surface area (Å²) in [6.45, 7) is 0. The molecular formula is C11H8BrFN2O. The zero-order valence-electron chi connectivity index (χ0n) is 8.15. The molecule has 2 aromatic rings. The molecule has 0 aliphatic heterocycles. The third-order valence-corrected chi connectivity index (χ3v) is 2.51. The minimum absolute atomic E-state index is 0.249. The Kier molecular flexibility index (Phi) is 3.05. The molecular weight excluding hydrogens is 275 g/mol. The monoisotopic (exact) mass is 282 g/mol. The Morgan fingerprint density at radius 1 is 1.31 bits per heavy atom. The summed E-state index contributed by atoms with van der Waals surface area (Å²) in [7, 11) is 0. The molecule has 3 nitrogen and oxygen atoms in total. The van der Waals surface area contributed by atoms with E-state index >= 15 is 0 Å². The van der Waals surface area contributed by atoms with Gasteiger partial charge in [-0.05, 0) is 28.1 Å². The summed E-state index contributed by atoms with van der Waals surface area (Å²) in [5.74, 6) is 0.190. The minimum atomic E-state index is -0.430. The largest absolute Gasteiger partial charge is 0.437 e. The molecule has 16 heavy (non-hydrogen) atoms. The fraction of sp³-hybridized carbons (Fsp3) is 0. The molecule has 0 bridgehead atoms. The molecule has 0 fully saturated rings. The topological polar surface area (TPSA) is 48.1 Å². The summed E-state index contributed by atoms with van der Waals surface area (Å²) in [4.78, 5) is 3.96. The van der Waals surface area contributed by atoms with E-state index in [1.165, 1.54) is 12.1 Å². The molecule has 2 rings (SSSR count). The zero-order valence-corrected chi connectivity index (χ0v) is 9.74. The maximum Gasteiger partial charge on any atom is 0.219 e. The number of rotatable bonds is 2. The van der Waals surface area contributed by atoms with Gasteiger partial charge < -0.3 is 10.5 Å². The van der Waals surface area contributed by atoms with Crippen molar-refractivity contribution >= 4 is 21.6 Å². The molecule has 0 aliphatic rings. The van der Waals surface area contributed by atoms with Gasteiger partial charge >= 0.3 is 0 Å². The summed E-state index contributed by atoms with van der Waals surface area (Å²) in [6.07, 6.45) is 1.58. The molecule has 0 aliphatic carbocycles. The highest BCUT2D eigenvalue weighted by Gasteiger charge is 2.08. The molecule has 0 atom stereocenters. The fourth-order valence-electron chi connectivity index (χ4n) is 1.15. The predicted molar refractivity (Wildman–Crippen MR) is 62.8 cm³/mol. The highest BCUT2D eigenvalue weighted by Crippen LogP contribution is 2.31. The zero-order chi connectivity index (χ0) is 11.5. The summed E-state index contributed by atoms with van der Waals surface area (Å²) in [6, 6.07) is 7.87. The number of hydrogen-bond acceptors (Lipinski definition) is 3. The van der Waals surface area contributed by atoms with E-state index in [-0.39, 0.29) is 5.75 Å². The van der Waals surface area contributed by atoms with Crippen LogP contribution in [0.4, 0.5) is 10.1 Å². The van der Waals surface area contributed by atoms with Crippen LogP contribution in [0, 0.1) is 5.82 Å². The number of nitrogen functional groups attached to an aromatic ring is 1. The van der Waals surface area contributed by atoms with Gasteiger partial charge in [0.2, 0.25) is 5.88 Å². The maximum atomic E-state index is 13.3. The lowest BCUT2D eigenvalue weighted by atomic mass is 10.3. The standard InChI is InChI=1S/C11H8BrFN2O/c12-7-5-9(14)10(6-8(7)13)16-11-3-1-2-4-15-11/h1-6H,14H2. The summed E-state index contributed by atoms with van der Waals surface area (Å²) < 4.78 is 18.9. The number of benzene rings is 1. The average Bonchev–Trinajstić information content (AvgIpc) is 2.27. The molecule has 0 unspecified atom stereocenters. The molecule has 0 radical (unpaired) electrons. The number of anilines is 1. The number of pyridine rings is 1. The van der Waals surface area contributed by atoms with Gasteiger partial charge in [0.15, 0.2) is 5.75 Å². The number of nitrogens with two attached hydrogens (primary N) is 1. The Morgan fingerprint density at radius 2 is 2.12 bits per heavy atom. The van der Waals surface area contributed by atoms with Crippen molar-refractivity contribution in [3.05, 3.63) is 46.8 Å². The molecule has 0 spiro atoms. The van der Waals surface area contributed by atoms with Crippen molar-refractivity contribution in [2.24, 2.45) is 0 Å². The van der Waals surface area contributed by atoms with Crippen molar-refractivity contribution < 1.29 is 9.13 Å². The Balaban J connectivity index is 2.32. The van der Waals surface area contributed by atoms with Crippen molar-refractivity contribution in [1.82, 2.24) is 4.98 Å². The van der Waals surface area contributed by atoms with Gasteiger partial charge in [0.05, 0.1) is 10.2 Å². The maximum absolute atomic E-state index is 13.3. The molecule has 1 aromatic heterocycles. The van der Waals surface area contributed by atoms with Crippen molar-refractivity contribution in [3.63, 3.8) is 0 Å². The molecule has 0 saturated heterocycles. The smallest absolute Gasteiger partial charge is 0.219 e. The SMILES string of the molecule is Nc1cc(Br)c(F)cc1Oc1ccccn1. The van der Waals surface area contributed by atoms with Gasteiger partial charge in [-0.2, -0.15) is 0 Å². The molecule has 1 aromatic carbocycles. The van der Waals surface area contributed by atoms with Crippen molar-refractivity contribution in [3.8, 4) is 11.6 Å². The van der Waals surface area contributed by atoms with Gasteiger partial charge in [-0.25, -0.2) is 9.37 Å². The third-order valence-electron chi connectivity index (χ3n) is 1.90. The van der Waals surface area contributed by atoms with E-state index in [1.54, 1.807) is 24.4 Å². The quantitative estimate of drug-likeness (QED) is 0.860. The van der Waals surface area contributed by atoms with E-state index in [1.807, 2.05) is 0 Å². The van der Waals surface area contributed by atoms with Crippen LogP contribution in [-0.4, -0.2) is 4.98 Å². The number of ether oxygens (including phenoxy) is 1. The number of aromatic nitrogens is 1. The summed E-state index contributed by atoms with van der Waals surface area (Å²) >= 11 is 3.04. The molecule has 5 heteroatoms. The first-order valence-corrected chi connectivity index (χ1v) is 5.29. The second kappa shape index (κ2) is 4.49. The van der Waals surface area contributed by atoms with Crippen molar-refractivity contribution in [1.29, 1.82) is 0 Å². The lowest BCUT2D eigenvalue weighted by Crippen LogP contribution is -1.94. The van der Waals surface area contributed by atoms with Crippen LogP contribution in [0.2, 0.25) is 0 Å². The lowest BCUT2D eigenvalue weighted by Gasteiger charge is -2.08. The van der Waals surface area contributed by atoms with Gasteiger partial charge in [-0.1, -0.05) is 6.07 Å². The second-order valence-electron chi connectivity index (χ2n) is 3.07. The van der Waals surface area contributed by atoms with Gasteiger partial charge in [0.1, 0.15) is 5.82 Å². The van der Waals surface area contributed by atoms with E-state index in [2.05, 4.69) is 20.9 Å². The Labute approximate surface area is 100 Å². The molecule has 2 N–H and O–H groups in total. The van der Waals surface area contributed by atoms with Crippen LogP contribution < -0.4 is 10.5 Å². The molecule has 1 heterocycles. The van der Waals surface area contributed by atoms with Crippen molar-refractivity contribution in [2.45, 2.75) is 0 Å². The summed E-state index contributed by atoms with van der Waals surface area (Å²) in [5.41, 5.74) is 6.03. The first-order valence-electron chi connectivity index (χ1n) is 4.50. The molecule has 82 valence electrons. The van der Waals surface area contributed by atoms with E-state index in [0.717, 1.165) is 0 Å². The van der Waals surface area contributed by atoms with Crippen LogP contribution >= 0.6 is 15.9 Å². The van der Waals surface area contributed by atoms with E-state index < -0.39 is 5.82 Å². The predicted octanol–water partition coefficient (Wildman–Crippen LogP) is 3.36. The van der Waals surface area contributed by atoms with Gasteiger partial charge in [0.25, 0.3) is 0 Å². The van der Waals surface area contributed by atoms with Crippen LogP contribution in [0.3, 0.4) is 0 Å². The number of nitrogens with zero attached hydrogens (tertiary/aromatic N) is 1. The van der Waals surface area contributed by atoms with E-state index in [0.29, 0.717) is 16.0 Å². The Morgan fingerprint density at radius 3 is 2.81 bits per heavy atom. The highest BCUT2D eigenvalue weighted by atomic mass is 79.9. The normalized spacial score (nSPS) is 10.1. The first kappa shape index (κ1) is 10.9. The van der Waals surface area contributed by atoms with Gasteiger partial charge in [-0.3, -0.25) is 0 Å². The van der Waals surface area contributed by atoms with Crippen LogP contribution in [-0.2, 0) is 0 Å². The van der Waals surface area contributed by atoms with Crippen LogP contribution in [0.5, 0.6) is 11.6 Å². The second-order valence-corrected chi connectivity index (χ2v) is 3.93. The number of hydrogen-bond donors (Lipinski definition) is 1. The van der Waals surface area contributed by atoms with Crippen LogP contribution in [0.1, 0.15) is 0 Å². The van der Waals surface area contributed by atoms with Crippen LogP contribution in [0.25, 0.3) is 0 Å². The highest BCUT2D eigenvalue weighted by molar-refractivity contribution is 9.10.